The molecule has 0 amide bonds. The van der Waals surface area contributed by atoms with Crippen molar-refractivity contribution in [1.82, 2.24) is 4.90 Å². The molecule has 0 spiro atoms. The van der Waals surface area contributed by atoms with Crippen LogP contribution in [0.5, 0.6) is 17.2 Å². The number of nitrogens with zero attached hydrogens (tertiary/aromatic N) is 1. The molecule has 0 aliphatic rings. The molecule has 8 nitrogen and oxygen atoms in total. The Hall–Kier alpha value is -2.68. The van der Waals surface area contributed by atoms with Gasteiger partial charge in [0.15, 0.2) is 11.5 Å². The Morgan fingerprint density at radius 3 is 1.97 bits per heavy atom. The highest BCUT2D eigenvalue weighted by Gasteiger charge is 2.03. The van der Waals surface area contributed by atoms with Crippen molar-refractivity contribution in [1.29, 1.82) is 0 Å². The fraction of sp³-hybridized carbons (Fsp3) is 0.520. The molecule has 0 fully saturated rings. The van der Waals surface area contributed by atoms with Crippen LogP contribution in [0.25, 0.3) is 0 Å². The number of aliphatic hydroxyl groups excluding tert-OH is 2. The zero-order valence-corrected chi connectivity index (χ0v) is 20.8. The highest BCUT2D eigenvalue weighted by atomic mass is 16.5. The van der Waals surface area contributed by atoms with Gasteiger partial charge in [-0.3, -0.25) is 0 Å². The van der Waals surface area contributed by atoms with Crippen LogP contribution >= 0.6 is 0 Å². The molecule has 33 heavy (non-hydrogen) atoms. The molecule has 2 aromatic rings. The zero-order valence-electron chi connectivity index (χ0n) is 20.8. The summed E-state index contributed by atoms with van der Waals surface area (Å²) in [4.78, 5) is 2.16. The summed E-state index contributed by atoms with van der Waals surface area (Å²) in [5, 5.41) is 42.5. The normalized spacial score (nSPS) is 9.94. The van der Waals surface area contributed by atoms with Crippen molar-refractivity contribution in [2.24, 2.45) is 0 Å². The number of anilines is 2. The van der Waals surface area contributed by atoms with Crippen molar-refractivity contribution in [2.75, 3.05) is 64.2 Å². The second-order valence-electron chi connectivity index (χ2n) is 7.34. The van der Waals surface area contributed by atoms with E-state index in [-0.39, 0.29) is 19.0 Å². The first-order valence-corrected chi connectivity index (χ1v) is 11.5. The standard InChI is InChI=1S/C12H20N2O.C11H17NO4.C2H6/c1-10-5-6-11(9-12(10)15)13-7-4-8-14(2)3;13-5-1-7-16-11-3-2-9(8-10(11)15)12-4-6-14;1-2/h5-6,9,13,15H,4,7-8H2,1-3H3;2-3,8,12-15H,1,4-7H2;1-2H3. The van der Waals surface area contributed by atoms with Crippen LogP contribution in [0.3, 0.4) is 0 Å². The van der Waals surface area contributed by atoms with E-state index >= 15 is 0 Å². The molecule has 0 aromatic heterocycles. The highest BCUT2D eigenvalue weighted by Crippen LogP contribution is 2.29. The van der Waals surface area contributed by atoms with Gasteiger partial charge >= 0.3 is 0 Å². The Morgan fingerprint density at radius 2 is 1.42 bits per heavy atom. The van der Waals surface area contributed by atoms with Crippen LogP contribution in [-0.2, 0) is 0 Å². The number of phenols is 2. The van der Waals surface area contributed by atoms with Gasteiger partial charge < -0.3 is 40.7 Å². The maximum absolute atomic E-state index is 9.60. The Labute approximate surface area is 198 Å². The number of aromatic hydroxyl groups is 2. The van der Waals surface area contributed by atoms with Crippen LogP contribution < -0.4 is 15.4 Å². The molecular weight excluding hydrogens is 422 g/mol. The van der Waals surface area contributed by atoms with E-state index in [1.807, 2.05) is 32.9 Å². The number of hydrogen-bond acceptors (Lipinski definition) is 8. The SMILES string of the molecule is CC.Cc1ccc(NCCCN(C)C)cc1O.OCCCOc1ccc(NCCO)cc1O. The molecule has 0 bridgehead atoms. The monoisotopic (exact) mass is 465 g/mol. The summed E-state index contributed by atoms with van der Waals surface area (Å²) in [5.74, 6) is 0.788. The van der Waals surface area contributed by atoms with Crippen LogP contribution in [0.15, 0.2) is 36.4 Å². The van der Waals surface area contributed by atoms with Gasteiger partial charge in [0.1, 0.15) is 5.75 Å². The summed E-state index contributed by atoms with van der Waals surface area (Å²) in [7, 11) is 4.13. The average molecular weight is 466 g/mol. The van der Waals surface area contributed by atoms with Crippen LogP contribution in [0, 0.1) is 6.92 Å². The molecule has 6 N–H and O–H groups in total. The predicted octanol–water partition coefficient (Wildman–Crippen LogP) is 3.65. The van der Waals surface area contributed by atoms with Crippen LogP contribution in [-0.4, -0.2) is 78.9 Å². The number of aliphatic hydroxyl groups is 2. The largest absolute Gasteiger partial charge is 0.508 e. The second kappa shape index (κ2) is 18.8. The predicted molar refractivity (Wildman–Crippen MR) is 137 cm³/mol. The lowest BCUT2D eigenvalue weighted by Crippen LogP contribution is -2.16. The molecule has 0 aliphatic heterocycles. The van der Waals surface area contributed by atoms with Gasteiger partial charge in [-0.25, -0.2) is 0 Å². The number of rotatable bonds is 12. The number of aryl methyl sites for hydroxylation is 1. The molecule has 0 saturated carbocycles. The summed E-state index contributed by atoms with van der Waals surface area (Å²) < 4.78 is 5.25. The Balaban J connectivity index is 0.000000578. The molecule has 0 heterocycles. The van der Waals surface area contributed by atoms with E-state index in [0.29, 0.717) is 31.1 Å². The van der Waals surface area contributed by atoms with Gasteiger partial charge in [0, 0.05) is 49.6 Å². The van der Waals surface area contributed by atoms with Gasteiger partial charge in [-0.15, -0.1) is 0 Å². The van der Waals surface area contributed by atoms with E-state index in [2.05, 4.69) is 29.6 Å². The fourth-order valence-corrected chi connectivity index (χ4v) is 2.54. The first-order valence-electron chi connectivity index (χ1n) is 11.5. The number of phenolic OH excluding ortho intramolecular Hbond substituents is 2. The van der Waals surface area contributed by atoms with E-state index in [1.54, 1.807) is 18.2 Å². The molecule has 0 unspecified atom stereocenters. The van der Waals surface area contributed by atoms with Crippen LogP contribution in [0.2, 0.25) is 0 Å². The number of ether oxygens (including phenoxy) is 1. The first-order chi connectivity index (χ1) is 15.9. The van der Waals surface area contributed by atoms with Crippen LogP contribution in [0.4, 0.5) is 11.4 Å². The van der Waals surface area contributed by atoms with Gasteiger partial charge in [0.25, 0.3) is 0 Å². The Bertz CT molecular complexity index is 757. The smallest absolute Gasteiger partial charge is 0.161 e. The molecular formula is C25H43N3O5. The lowest BCUT2D eigenvalue weighted by Gasteiger charge is -2.11. The maximum atomic E-state index is 9.60. The molecule has 0 atom stereocenters. The minimum Gasteiger partial charge on any atom is -0.508 e. The third-order valence-electron chi connectivity index (χ3n) is 4.28. The van der Waals surface area contributed by atoms with Crippen molar-refractivity contribution >= 4 is 11.4 Å². The minimum absolute atomic E-state index is 0.0372. The minimum atomic E-state index is 0.0372. The average Bonchev–Trinajstić information content (AvgIpc) is 2.80. The van der Waals surface area contributed by atoms with Gasteiger partial charge in [0.05, 0.1) is 13.2 Å². The van der Waals surface area contributed by atoms with Gasteiger partial charge in [-0.2, -0.15) is 0 Å². The Kier molecular flexibility index (Phi) is 17.3. The first kappa shape index (κ1) is 30.3. The lowest BCUT2D eigenvalue weighted by molar-refractivity contribution is 0.229. The molecule has 0 saturated heterocycles. The fourth-order valence-electron chi connectivity index (χ4n) is 2.54. The van der Waals surface area contributed by atoms with Crippen LogP contribution in [0.1, 0.15) is 32.3 Å². The second-order valence-corrected chi connectivity index (χ2v) is 7.34. The maximum Gasteiger partial charge on any atom is 0.161 e. The molecule has 0 aliphatic carbocycles. The van der Waals surface area contributed by atoms with E-state index < -0.39 is 0 Å². The molecule has 0 radical (unpaired) electrons. The third kappa shape index (κ3) is 14.2. The molecule has 2 rings (SSSR count). The molecule has 8 heteroatoms. The summed E-state index contributed by atoms with van der Waals surface area (Å²) in [6, 6.07) is 10.6. The van der Waals surface area contributed by atoms with E-state index in [1.165, 1.54) is 6.07 Å². The summed E-state index contributed by atoms with van der Waals surface area (Å²) in [6.45, 7) is 8.81. The summed E-state index contributed by atoms with van der Waals surface area (Å²) in [5.41, 5.74) is 2.62. The number of nitrogens with one attached hydrogen (secondary N) is 2. The quantitative estimate of drug-likeness (QED) is 0.263. The molecule has 188 valence electrons. The van der Waals surface area contributed by atoms with Crippen molar-refractivity contribution in [3.8, 4) is 17.2 Å². The van der Waals surface area contributed by atoms with Gasteiger partial charge in [0.2, 0.25) is 0 Å². The van der Waals surface area contributed by atoms with Gasteiger partial charge in [-0.1, -0.05) is 19.9 Å². The van der Waals surface area contributed by atoms with Crippen molar-refractivity contribution in [3.05, 3.63) is 42.0 Å². The topological polar surface area (TPSA) is 117 Å². The molecule has 2 aromatic carbocycles. The number of benzene rings is 2. The zero-order chi connectivity index (χ0) is 25.1. The lowest BCUT2D eigenvalue weighted by atomic mass is 10.2. The summed E-state index contributed by atoms with van der Waals surface area (Å²) >= 11 is 0. The van der Waals surface area contributed by atoms with E-state index in [9.17, 15) is 10.2 Å². The van der Waals surface area contributed by atoms with E-state index in [4.69, 9.17) is 14.9 Å². The van der Waals surface area contributed by atoms with Crippen molar-refractivity contribution in [3.63, 3.8) is 0 Å². The van der Waals surface area contributed by atoms with E-state index in [0.717, 1.165) is 36.4 Å². The summed E-state index contributed by atoms with van der Waals surface area (Å²) in [6.07, 6.45) is 1.63. The highest BCUT2D eigenvalue weighted by molar-refractivity contribution is 5.54. The number of hydrogen-bond donors (Lipinski definition) is 6. The van der Waals surface area contributed by atoms with Crippen molar-refractivity contribution in [2.45, 2.75) is 33.6 Å². The third-order valence-corrected chi connectivity index (χ3v) is 4.28. The Morgan fingerprint density at radius 1 is 0.818 bits per heavy atom. The van der Waals surface area contributed by atoms with Gasteiger partial charge in [-0.05, 0) is 57.7 Å². The van der Waals surface area contributed by atoms with Crippen molar-refractivity contribution < 1.29 is 25.2 Å².